The van der Waals surface area contributed by atoms with E-state index in [0.29, 0.717) is 23.4 Å². The predicted octanol–water partition coefficient (Wildman–Crippen LogP) is 13.7. The molecule has 0 aliphatic carbocycles. The van der Waals surface area contributed by atoms with Gasteiger partial charge in [0.1, 0.15) is 16.7 Å². The van der Waals surface area contributed by atoms with Gasteiger partial charge in [-0.25, -0.2) is 19.9 Å². The Kier molecular flexibility index (Phi) is 7.13. The fourth-order valence-corrected chi connectivity index (χ4v) is 8.36. The molecule has 0 N–H and O–H groups in total. The predicted molar refractivity (Wildman–Crippen MR) is 234 cm³/mol. The molecule has 0 aliphatic heterocycles. The van der Waals surface area contributed by atoms with Crippen LogP contribution in [-0.4, -0.2) is 19.9 Å². The van der Waals surface area contributed by atoms with E-state index in [9.17, 15) is 0 Å². The van der Waals surface area contributed by atoms with Gasteiger partial charge in [0.05, 0.1) is 0 Å². The molecule has 9 aromatic carbocycles. The normalized spacial score (nSPS) is 11.8. The molecule has 0 saturated carbocycles. The van der Waals surface area contributed by atoms with Crippen molar-refractivity contribution < 1.29 is 8.83 Å². The quantitative estimate of drug-likeness (QED) is 0.163. The first kappa shape index (κ1) is 32.3. The second-order valence-corrected chi connectivity index (χ2v) is 14.6. The maximum absolute atomic E-state index is 6.54. The Morgan fingerprint density at radius 2 is 0.966 bits per heavy atom. The first-order valence-corrected chi connectivity index (χ1v) is 19.3. The highest BCUT2D eigenvalue weighted by Crippen LogP contribution is 2.41. The summed E-state index contributed by atoms with van der Waals surface area (Å²) in [6.45, 7) is 0. The van der Waals surface area contributed by atoms with Crippen LogP contribution in [0.2, 0.25) is 0 Å². The number of hydrogen-bond acceptors (Lipinski definition) is 6. The summed E-state index contributed by atoms with van der Waals surface area (Å²) in [4.78, 5) is 20.3. The van der Waals surface area contributed by atoms with Gasteiger partial charge in [-0.3, -0.25) is 0 Å². The standard InChI is InChI=1S/C52H30N4O2/c1-3-12-34(13-4-1)49-54-50(37-24-23-32-22-21-31-11-7-8-17-38(31)41(32)30-37)56-51(55-49)40-19-10-20-45-47(40)42-29-36(26-28-44(42)57-45)39-18-9-16-33-25-27-43-48(46(33)39)58-52(53-43)35-14-5-2-6-15-35/h1-30H. The lowest BCUT2D eigenvalue weighted by molar-refractivity contribution is 0.623. The summed E-state index contributed by atoms with van der Waals surface area (Å²) in [5.41, 5.74) is 8.83. The van der Waals surface area contributed by atoms with Crippen LogP contribution in [0, 0.1) is 0 Å². The molecule has 0 amide bonds. The zero-order valence-electron chi connectivity index (χ0n) is 30.9. The molecule has 12 aromatic rings. The van der Waals surface area contributed by atoms with E-state index in [1.807, 2.05) is 78.9 Å². The summed E-state index contributed by atoms with van der Waals surface area (Å²) in [5.74, 6) is 2.38. The highest BCUT2D eigenvalue weighted by molar-refractivity contribution is 6.16. The van der Waals surface area contributed by atoms with Gasteiger partial charge < -0.3 is 8.83 Å². The molecular weight excluding hydrogens is 713 g/mol. The van der Waals surface area contributed by atoms with Crippen molar-refractivity contribution in [1.29, 1.82) is 0 Å². The van der Waals surface area contributed by atoms with Crippen LogP contribution < -0.4 is 0 Å². The molecule has 270 valence electrons. The lowest BCUT2D eigenvalue weighted by Crippen LogP contribution is -2.00. The van der Waals surface area contributed by atoms with Gasteiger partial charge in [0.2, 0.25) is 5.89 Å². The van der Waals surface area contributed by atoms with Gasteiger partial charge in [0, 0.05) is 38.4 Å². The summed E-state index contributed by atoms with van der Waals surface area (Å²) in [6, 6.07) is 62.4. The van der Waals surface area contributed by atoms with Gasteiger partial charge in [-0.1, -0.05) is 140 Å². The number of aromatic nitrogens is 4. The van der Waals surface area contributed by atoms with Crippen molar-refractivity contribution in [2.75, 3.05) is 0 Å². The number of oxazole rings is 1. The van der Waals surface area contributed by atoms with E-state index in [2.05, 4.69) is 103 Å². The average molecular weight is 743 g/mol. The van der Waals surface area contributed by atoms with Crippen LogP contribution >= 0.6 is 0 Å². The number of furan rings is 1. The number of fused-ring (bicyclic) bond motifs is 9. The third kappa shape index (κ3) is 5.20. The Morgan fingerprint density at radius 1 is 0.328 bits per heavy atom. The molecule has 0 bridgehead atoms. The molecule has 12 rings (SSSR count). The molecule has 6 nitrogen and oxygen atoms in total. The first-order chi connectivity index (χ1) is 28.7. The number of nitrogens with zero attached hydrogens (tertiary/aromatic N) is 4. The van der Waals surface area contributed by atoms with Crippen molar-refractivity contribution >= 4 is 65.4 Å². The Hall–Kier alpha value is -7.96. The molecule has 58 heavy (non-hydrogen) atoms. The highest BCUT2D eigenvalue weighted by Gasteiger charge is 2.20. The molecule has 3 aromatic heterocycles. The van der Waals surface area contributed by atoms with E-state index in [1.165, 1.54) is 10.8 Å². The van der Waals surface area contributed by atoms with E-state index in [4.69, 9.17) is 28.8 Å². The minimum Gasteiger partial charge on any atom is -0.456 e. The van der Waals surface area contributed by atoms with Crippen molar-refractivity contribution in [3.05, 3.63) is 182 Å². The van der Waals surface area contributed by atoms with Gasteiger partial charge in [-0.05, 0) is 80.5 Å². The topological polar surface area (TPSA) is 77.8 Å². The molecule has 0 aliphatic rings. The molecule has 0 fully saturated rings. The Balaban J connectivity index is 1.06. The molecule has 0 unspecified atom stereocenters. The summed E-state index contributed by atoms with van der Waals surface area (Å²) in [7, 11) is 0. The fourth-order valence-electron chi connectivity index (χ4n) is 8.36. The van der Waals surface area contributed by atoms with Gasteiger partial charge in [-0.15, -0.1) is 0 Å². The number of benzene rings is 9. The van der Waals surface area contributed by atoms with E-state index in [-0.39, 0.29) is 0 Å². The number of hydrogen-bond donors (Lipinski definition) is 0. The molecular formula is C52H30N4O2. The maximum Gasteiger partial charge on any atom is 0.227 e. The Morgan fingerprint density at radius 3 is 1.83 bits per heavy atom. The Bertz CT molecular complexity index is 3570. The van der Waals surface area contributed by atoms with Gasteiger partial charge in [0.15, 0.2) is 23.1 Å². The lowest BCUT2D eigenvalue weighted by Gasteiger charge is -2.11. The van der Waals surface area contributed by atoms with Crippen LogP contribution in [0.15, 0.2) is 191 Å². The summed E-state index contributed by atoms with van der Waals surface area (Å²) >= 11 is 0. The lowest BCUT2D eigenvalue weighted by atomic mass is 9.95. The van der Waals surface area contributed by atoms with E-state index >= 15 is 0 Å². The van der Waals surface area contributed by atoms with Gasteiger partial charge in [-0.2, -0.15) is 0 Å². The molecule has 0 radical (unpaired) electrons. The van der Waals surface area contributed by atoms with Crippen LogP contribution in [0.3, 0.4) is 0 Å². The van der Waals surface area contributed by atoms with E-state index in [1.54, 1.807) is 0 Å². The van der Waals surface area contributed by atoms with E-state index in [0.717, 1.165) is 88.0 Å². The van der Waals surface area contributed by atoms with Crippen molar-refractivity contribution in [3.63, 3.8) is 0 Å². The maximum atomic E-state index is 6.54. The van der Waals surface area contributed by atoms with Crippen LogP contribution in [-0.2, 0) is 0 Å². The minimum atomic E-state index is 0.572. The van der Waals surface area contributed by atoms with Crippen molar-refractivity contribution in [2.45, 2.75) is 0 Å². The number of rotatable bonds is 5. The largest absolute Gasteiger partial charge is 0.456 e. The van der Waals surface area contributed by atoms with Crippen molar-refractivity contribution in [3.8, 4) is 56.7 Å². The second-order valence-electron chi connectivity index (χ2n) is 14.6. The molecule has 3 heterocycles. The summed E-state index contributed by atoms with van der Waals surface area (Å²) in [5, 5.41) is 8.70. The summed E-state index contributed by atoms with van der Waals surface area (Å²) in [6.07, 6.45) is 0. The van der Waals surface area contributed by atoms with Crippen LogP contribution in [0.25, 0.3) is 122 Å². The minimum absolute atomic E-state index is 0.572. The van der Waals surface area contributed by atoms with Crippen LogP contribution in [0.5, 0.6) is 0 Å². The SMILES string of the molecule is c1ccc(-c2nc(-c3ccc4ccc5ccccc5c4c3)nc(-c3cccc4oc5ccc(-c6cccc7ccc8nc(-c9ccccc9)oc8c67)cc5c34)n2)cc1. The highest BCUT2D eigenvalue weighted by atomic mass is 16.3. The molecule has 0 atom stereocenters. The zero-order chi connectivity index (χ0) is 38.2. The van der Waals surface area contributed by atoms with Crippen molar-refractivity contribution in [2.24, 2.45) is 0 Å². The van der Waals surface area contributed by atoms with Gasteiger partial charge >= 0.3 is 0 Å². The fraction of sp³-hybridized carbons (Fsp3) is 0. The summed E-state index contributed by atoms with van der Waals surface area (Å²) < 4.78 is 13.1. The Labute approximate surface area is 331 Å². The smallest absolute Gasteiger partial charge is 0.227 e. The van der Waals surface area contributed by atoms with E-state index < -0.39 is 0 Å². The van der Waals surface area contributed by atoms with Gasteiger partial charge in [0.25, 0.3) is 0 Å². The monoisotopic (exact) mass is 742 g/mol. The molecule has 6 heteroatoms. The third-order valence-corrected chi connectivity index (χ3v) is 11.1. The van der Waals surface area contributed by atoms with Crippen molar-refractivity contribution in [1.82, 2.24) is 19.9 Å². The molecule has 0 spiro atoms. The average Bonchev–Trinajstić information content (AvgIpc) is 3.91. The van der Waals surface area contributed by atoms with Crippen LogP contribution in [0.4, 0.5) is 0 Å². The van der Waals surface area contributed by atoms with Crippen LogP contribution in [0.1, 0.15) is 0 Å². The first-order valence-electron chi connectivity index (χ1n) is 19.3. The second kappa shape index (κ2) is 12.8. The zero-order valence-corrected chi connectivity index (χ0v) is 30.9. The third-order valence-electron chi connectivity index (χ3n) is 11.1. The molecule has 0 saturated heterocycles.